The summed E-state index contributed by atoms with van der Waals surface area (Å²) in [6.45, 7) is 0.161. The molecule has 0 aliphatic heterocycles. The molecule has 0 atom stereocenters. The number of hydrogen-bond donors (Lipinski definition) is 2. The molecule has 0 saturated heterocycles. The maximum atomic E-state index is 11.3. The molecule has 0 unspecified atom stereocenters. The Labute approximate surface area is 86.9 Å². The normalized spacial score (nSPS) is 12.2. The number of nitrogen functional groups attached to an aromatic ring is 1. The number of nitrogens with one attached hydrogen (secondary N) is 1. The molecular weight excluding hydrogens is 224 g/mol. The minimum Gasteiger partial charge on any atom is -0.375 e. The van der Waals surface area contributed by atoms with Gasteiger partial charge in [0.1, 0.15) is 0 Å². The van der Waals surface area contributed by atoms with Gasteiger partial charge in [0.25, 0.3) is 10.2 Å². The van der Waals surface area contributed by atoms with E-state index in [1.165, 1.54) is 25.4 Å². The first-order valence-corrected chi connectivity index (χ1v) is 6.11. The van der Waals surface area contributed by atoms with Gasteiger partial charge in [0.05, 0.1) is 12.2 Å². The summed E-state index contributed by atoms with van der Waals surface area (Å²) >= 11 is 1.28. The average molecular weight is 236 g/mol. The lowest BCUT2D eigenvalue weighted by Crippen LogP contribution is -2.35. The van der Waals surface area contributed by atoms with Crippen LogP contribution in [0.3, 0.4) is 0 Å². The standard InChI is InChI=1S/C6H12N4O2S2/c1-10(2)14(11,12)8-3-5-4-13-6(7)9-5/h4,8H,3H2,1-2H3,(H2,7,9). The van der Waals surface area contributed by atoms with Crippen molar-refractivity contribution < 1.29 is 8.42 Å². The first-order chi connectivity index (χ1) is 6.42. The monoisotopic (exact) mass is 236 g/mol. The highest BCUT2D eigenvalue weighted by Crippen LogP contribution is 2.10. The molecule has 6 nitrogen and oxygen atoms in total. The molecule has 0 amide bonds. The quantitative estimate of drug-likeness (QED) is 0.746. The van der Waals surface area contributed by atoms with Gasteiger partial charge in [-0.25, -0.2) is 4.98 Å². The largest absolute Gasteiger partial charge is 0.375 e. The predicted octanol–water partition coefficient (Wildman–Crippen LogP) is -0.379. The molecule has 0 radical (unpaired) electrons. The number of aromatic nitrogens is 1. The van der Waals surface area contributed by atoms with Crippen molar-refractivity contribution in [2.24, 2.45) is 0 Å². The number of anilines is 1. The fraction of sp³-hybridized carbons (Fsp3) is 0.500. The predicted molar refractivity (Wildman–Crippen MR) is 56.0 cm³/mol. The van der Waals surface area contributed by atoms with Crippen LogP contribution in [-0.4, -0.2) is 31.8 Å². The van der Waals surface area contributed by atoms with Crippen LogP contribution in [0.4, 0.5) is 5.13 Å². The molecule has 1 rings (SSSR count). The van der Waals surface area contributed by atoms with E-state index in [4.69, 9.17) is 5.73 Å². The molecular formula is C6H12N4O2S2. The van der Waals surface area contributed by atoms with Crippen molar-refractivity contribution in [3.63, 3.8) is 0 Å². The summed E-state index contributed by atoms with van der Waals surface area (Å²) in [5.74, 6) is 0. The fourth-order valence-electron chi connectivity index (χ4n) is 0.698. The molecule has 0 aliphatic carbocycles. The van der Waals surface area contributed by atoms with E-state index in [1.807, 2.05) is 0 Å². The second kappa shape index (κ2) is 4.22. The van der Waals surface area contributed by atoms with Crippen LogP contribution in [-0.2, 0) is 16.8 Å². The van der Waals surface area contributed by atoms with Crippen LogP contribution in [0.25, 0.3) is 0 Å². The third-order valence-corrected chi connectivity index (χ3v) is 3.68. The molecule has 3 N–H and O–H groups in total. The summed E-state index contributed by atoms with van der Waals surface area (Å²) in [6.07, 6.45) is 0. The van der Waals surface area contributed by atoms with Crippen LogP contribution in [0.5, 0.6) is 0 Å². The summed E-state index contributed by atoms with van der Waals surface area (Å²) in [6, 6.07) is 0. The fourth-order valence-corrected chi connectivity index (χ4v) is 1.85. The van der Waals surface area contributed by atoms with Gasteiger partial charge >= 0.3 is 0 Å². The minimum atomic E-state index is -3.38. The SMILES string of the molecule is CN(C)S(=O)(=O)NCc1csc(N)n1. The maximum Gasteiger partial charge on any atom is 0.279 e. The van der Waals surface area contributed by atoms with E-state index in [-0.39, 0.29) is 6.54 Å². The van der Waals surface area contributed by atoms with Crippen molar-refractivity contribution in [1.29, 1.82) is 0 Å². The highest BCUT2D eigenvalue weighted by atomic mass is 32.2. The van der Waals surface area contributed by atoms with Gasteiger partial charge < -0.3 is 5.73 Å². The van der Waals surface area contributed by atoms with Crippen molar-refractivity contribution >= 4 is 26.7 Å². The van der Waals surface area contributed by atoms with Crippen LogP contribution in [0.2, 0.25) is 0 Å². The lowest BCUT2D eigenvalue weighted by molar-refractivity contribution is 0.505. The van der Waals surface area contributed by atoms with Crippen LogP contribution >= 0.6 is 11.3 Å². The van der Waals surface area contributed by atoms with E-state index in [1.54, 1.807) is 5.38 Å². The molecule has 0 bridgehead atoms. The summed E-state index contributed by atoms with van der Waals surface area (Å²) < 4.78 is 26.0. The Bertz CT molecular complexity index is 398. The van der Waals surface area contributed by atoms with Crippen molar-refractivity contribution in [2.45, 2.75) is 6.54 Å². The Balaban J connectivity index is 2.57. The Kier molecular flexibility index (Phi) is 3.43. The van der Waals surface area contributed by atoms with Crippen molar-refractivity contribution in [1.82, 2.24) is 14.0 Å². The minimum absolute atomic E-state index is 0.161. The van der Waals surface area contributed by atoms with Gasteiger partial charge in [-0.2, -0.15) is 17.4 Å². The number of rotatable bonds is 4. The summed E-state index contributed by atoms with van der Waals surface area (Å²) in [5.41, 5.74) is 6.02. The highest BCUT2D eigenvalue weighted by Gasteiger charge is 2.12. The molecule has 14 heavy (non-hydrogen) atoms. The zero-order valence-electron chi connectivity index (χ0n) is 7.89. The molecule has 1 heterocycles. The van der Waals surface area contributed by atoms with Crippen LogP contribution < -0.4 is 10.5 Å². The maximum absolute atomic E-state index is 11.3. The Morgan fingerprint density at radius 2 is 2.29 bits per heavy atom. The highest BCUT2D eigenvalue weighted by molar-refractivity contribution is 7.87. The second-order valence-electron chi connectivity index (χ2n) is 2.79. The molecule has 1 aromatic heterocycles. The van der Waals surface area contributed by atoms with Crippen molar-refractivity contribution in [3.05, 3.63) is 11.1 Å². The van der Waals surface area contributed by atoms with E-state index in [0.29, 0.717) is 10.8 Å². The van der Waals surface area contributed by atoms with Gasteiger partial charge in [0, 0.05) is 19.5 Å². The summed E-state index contributed by atoms with van der Waals surface area (Å²) in [7, 11) is -0.468. The number of nitrogens with two attached hydrogens (primary N) is 1. The summed E-state index contributed by atoms with van der Waals surface area (Å²) in [4.78, 5) is 3.92. The molecule has 8 heteroatoms. The van der Waals surface area contributed by atoms with Gasteiger partial charge in [-0.3, -0.25) is 0 Å². The Hall–Kier alpha value is -0.700. The number of nitrogens with zero attached hydrogens (tertiary/aromatic N) is 2. The van der Waals surface area contributed by atoms with Gasteiger partial charge in [0.2, 0.25) is 0 Å². The van der Waals surface area contributed by atoms with E-state index in [0.717, 1.165) is 4.31 Å². The third kappa shape index (κ3) is 2.91. The first kappa shape index (κ1) is 11.4. The first-order valence-electron chi connectivity index (χ1n) is 3.79. The van der Waals surface area contributed by atoms with Crippen LogP contribution in [0.15, 0.2) is 5.38 Å². The smallest absolute Gasteiger partial charge is 0.279 e. The van der Waals surface area contributed by atoms with Crippen LogP contribution in [0, 0.1) is 0 Å². The molecule has 0 aliphatic rings. The number of hydrogen-bond acceptors (Lipinski definition) is 5. The topological polar surface area (TPSA) is 88.3 Å². The van der Waals surface area contributed by atoms with Gasteiger partial charge in [-0.1, -0.05) is 0 Å². The Morgan fingerprint density at radius 3 is 2.71 bits per heavy atom. The lowest BCUT2D eigenvalue weighted by atomic mass is 10.5. The van der Waals surface area contributed by atoms with Gasteiger partial charge in [0.15, 0.2) is 5.13 Å². The van der Waals surface area contributed by atoms with Crippen molar-refractivity contribution in [3.8, 4) is 0 Å². The van der Waals surface area contributed by atoms with E-state index in [2.05, 4.69) is 9.71 Å². The molecule has 0 saturated carbocycles. The molecule has 80 valence electrons. The molecule has 0 fully saturated rings. The van der Waals surface area contributed by atoms with E-state index < -0.39 is 10.2 Å². The average Bonchev–Trinajstić information content (AvgIpc) is 2.48. The third-order valence-electron chi connectivity index (χ3n) is 1.49. The van der Waals surface area contributed by atoms with E-state index in [9.17, 15) is 8.42 Å². The van der Waals surface area contributed by atoms with Gasteiger partial charge in [-0.05, 0) is 0 Å². The zero-order valence-corrected chi connectivity index (χ0v) is 9.52. The van der Waals surface area contributed by atoms with Crippen LogP contribution in [0.1, 0.15) is 5.69 Å². The lowest BCUT2D eigenvalue weighted by Gasteiger charge is -2.10. The van der Waals surface area contributed by atoms with E-state index >= 15 is 0 Å². The molecule has 1 aromatic rings. The second-order valence-corrected chi connectivity index (χ2v) is 5.64. The zero-order chi connectivity index (χ0) is 10.8. The van der Waals surface area contributed by atoms with Gasteiger partial charge in [-0.15, -0.1) is 11.3 Å². The van der Waals surface area contributed by atoms with Crippen molar-refractivity contribution in [2.75, 3.05) is 19.8 Å². The number of thiazole rings is 1. The molecule has 0 spiro atoms. The Morgan fingerprint density at radius 1 is 1.64 bits per heavy atom. The summed E-state index contributed by atoms with van der Waals surface area (Å²) in [5, 5.41) is 2.15. The molecule has 0 aromatic carbocycles.